The maximum absolute atomic E-state index is 10.1. The van der Waals surface area contributed by atoms with E-state index in [4.69, 9.17) is 0 Å². The Balaban J connectivity index is 2.40. The lowest BCUT2D eigenvalue weighted by atomic mass is 10.1. The number of hydrogen-bond donors (Lipinski definition) is 3. The van der Waals surface area contributed by atoms with Crippen LogP contribution in [0.4, 0.5) is 0 Å². The molecule has 0 aliphatic rings. The molecule has 0 radical (unpaired) electrons. The molecule has 0 unspecified atom stereocenters. The van der Waals surface area contributed by atoms with Crippen LogP contribution in [0, 0.1) is 0 Å². The molecule has 0 spiro atoms. The van der Waals surface area contributed by atoms with Crippen LogP contribution in [-0.2, 0) is 0 Å². The van der Waals surface area contributed by atoms with E-state index in [1.165, 1.54) is 24.3 Å². The number of nitrogens with zero attached hydrogens (tertiary/aromatic N) is 1. The van der Waals surface area contributed by atoms with Gasteiger partial charge in [-0.05, 0) is 56.1 Å². The van der Waals surface area contributed by atoms with E-state index in [0.29, 0.717) is 12.1 Å². The van der Waals surface area contributed by atoms with Gasteiger partial charge in [0.25, 0.3) is 0 Å². The third kappa shape index (κ3) is 5.72. The van der Waals surface area contributed by atoms with Crippen molar-refractivity contribution in [2.75, 3.05) is 32.1 Å². The van der Waals surface area contributed by atoms with Crippen LogP contribution < -0.4 is 0 Å². The van der Waals surface area contributed by atoms with Gasteiger partial charge >= 0.3 is 0 Å². The van der Waals surface area contributed by atoms with Crippen molar-refractivity contribution in [2.45, 2.75) is 18.9 Å². The van der Waals surface area contributed by atoms with Crippen LogP contribution in [0.3, 0.4) is 0 Å². The fraction of sp³-hybridized carbons (Fsp3) is 0.571. The first-order valence-corrected chi connectivity index (χ1v) is 7.81. The number of hydrogen-bond acceptors (Lipinski definition) is 5. The molecule has 3 N–H and O–H groups in total. The van der Waals surface area contributed by atoms with Gasteiger partial charge in [0.1, 0.15) is 0 Å². The van der Waals surface area contributed by atoms with Crippen LogP contribution in [0.15, 0.2) is 18.2 Å². The van der Waals surface area contributed by atoms with Crippen molar-refractivity contribution in [2.24, 2.45) is 0 Å². The smallest absolute Gasteiger partial charge is 0.157 e. The van der Waals surface area contributed by atoms with Crippen molar-refractivity contribution in [3.05, 3.63) is 23.8 Å². The van der Waals surface area contributed by atoms with Crippen molar-refractivity contribution in [1.29, 1.82) is 0 Å². The van der Waals surface area contributed by atoms with E-state index in [1.54, 1.807) is 6.07 Å². The molecule has 0 saturated heterocycles. The second-order valence-corrected chi connectivity index (χ2v) is 5.71. The van der Waals surface area contributed by atoms with Crippen LogP contribution >= 0.6 is 11.8 Å². The zero-order chi connectivity index (χ0) is 14.3. The molecule has 1 aromatic carbocycles. The summed E-state index contributed by atoms with van der Waals surface area (Å²) in [5.74, 6) is 0.808. The van der Waals surface area contributed by atoms with E-state index in [2.05, 4.69) is 11.2 Å². The largest absolute Gasteiger partial charge is 0.504 e. The Labute approximate surface area is 119 Å². The van der Waals surface area contributed by atoms with Gasteiger partial charge in [-0.3, -0.25) is 0 Å². The van der Waals surface area contributed by atoms with Crippen LogP contribution in [0.1, 0.15) is 24.5 Å². The van der Waals surface area contributed by atoms with E-state index in [0.717, 1.165) is 13.0 Å². The first kappa shape index (κ1) is 16.1. The predicted molar refractivity (Wildman–Crippen MR) is 79.8 cm³/mol. The average molecular weight is 285 g/mol. The van der Waals surface area contributed by atoms with E-state index in [1.807, 2.05) is 18.8 Å². The number of benzene rings is 1. The third-order valence-corrected chi connectivity index (χ3v) is 3.70. The second kappa shape index (κ2) is 8.30. The van der Waals surface area contributed by atoms with Crippen molar-refractivity contribution in [1.82, 2.24) is 4.90 Å². The normalized spacial score (nSPS) is 12.8. The summed E-state index contributed by atoms with van der Waals surface area (Å²) in [6.07, 6.45) is 3.74. The SMILES string of the molecule is CSCCCCN(C)C[C@H](O)c1ccc(O)c(O)c1. The van der Waals surface area contributed by atoms with E-state index < -0.39 is 6.10 Å². The molecule has 1 atom stereocenters. The van der Waals surface area contributed by atoms with Gasteiger partial charge in [-0.1, -0.05) is 6.07 Å². The Morgan fingerprint density at radius 1 is 1.21 bits per heavy atom. The molecule has 1 aromatic rings. The average Bonchev–Trinajstić information content (AvgIpc) is 2.38. The summed E-state index contributed by atoms with van der Waals surface area (Å²) in [7, 11) is 1.97. The highest BCUT2D eigenvalue weighted by molar-refractivity contribution is 7.98. The molecule has 5 heteroatoms. The Hall–Kier alpha value is -0.910. The highest BCUT2D eigenvalue weighted by Crippen LogP contribution is 2.27. The first-order chi connectivity index (χ1) is 9.04. The van der Waals surface area contributed by atoms with Crippen LogP contribution in [0.2, 0.25) is 0 Å². The number of aliphatic hydroxyl groups excluding tert-OH is 1. The predicted octanol–water partition coefficient (Wildman–Crippen LogP) is 2.21. The third-order valence-electron chi connectivity index (χ3n) is 3.01. The zero-order valence-electron chi connectivity index (χ0n) is 11.5. The van der Waals surface area contributed by atoms with Crippen molar-refractivity contribution in [3.8, 4) is 11.5 Å². The molecule has 4 nitrogen and oxygen atoms in total. The number of thioether (sulfide) groups is 1. The molecule has 108 valence electrons. The number of aromatic hydroxyl groups is 2. The van der Waals surface area contributed by atoms with Crippen LogP contribution in [-0.4, -0.2) is 52.4 Å². The maximum Gasteiger partial charge on any atom is 0.157 e. The molecule has 0 heterocycles. The molecule has 0 aliphatic carbocycles. The van der Waals surface area contributed by atoms with Gasteiger partial charge in [0.05, 0.1) is 6.10 Å². The molecule has 0 bridgehead atoms. The number of aliphatic hydroxyl groups is 1. The lowest BCUT2D eigenvalue weighted by Gasteiger charge is -2.20. The fourth-order valence-corrected chi connectivity index (χ4v) is 2.36. The summed E-state index contributed by atoms with van der Waals surface area (Å²) in [4.78, 5) is 2.08. The fourth-order valence-electron chi connectivity index (χ4n) is 1.87. The van der Waals surface area contributed by atoms with Crippen LogP contribution in [0.5, 0.6) is 11.5 Å². The number of unbranched alkanes of at least 4 members (excludes halogenated alkanes) is 1. The maximum atomic E-state index is 10.1. The summed E-state index contributed by atoms with van der Waals surface area (Å²) in [5, 5.41) is 28.7. The standard InChI is InChI=1S/C14H23NO3S/c1-15(7-3-4-8-19-2)10-14(18)11-5-6-12(16)13(17)9-11/h5-6,9,14,16-18H,3-4,7-8,10H2,1-2H3/t14-/m0/s1. The minimum atomic E-state index is -0.656. The summed E-state index contributed by atoms with van der Waals surface area (Å²) in [6, 6.07) is 4.43. The van der Waals surface area contributed by atoms with Gasteiger partial charge < -0.3 is 20.2 Å². The number of likely N-dealkylation sites (N-methyl/N-ethyl adjacent to an activating group) is 1. The minimum Gasteiger partial charge on any atom is -0.504 e. The molecule has 0 aliphatic heterocycles. The Bertz CT molecular complexity index is 387. The molecule has 0 saturated carbocycles. The Morgan fingerprint density at radius 2 is 1.95 bits per heavy atom. The van der Waals surface area contributed by atoms with Gasteiger partial charge in [-0.25, -0.2) is 0 Å². The Morgan fingerprint density at radius 3 is 2.58 bits per heavy atom. The molecule has 0 fully saturated rings. The van der Waals surface area contributed by atoms with Gasteiger partial charge in [0, 0.05) is 6.54 Å². The molecule has 1 rings (SSSR count). The highest BCUT2D eigenvalue weighted by Gasteiger charge is 2.12. The number of phenols is 2. The van der Waals surface area contributed by atoms with E-state index >= 15 is 0 Å². The second-order valence-electron chi connectivity index (χ2n) is 4.73. The minimum absolute atomic E-state index is 0.165. The molecular formula is C14H23NO3S. The quantitative estimate of drug-likeness (QED) is 0.505. The highest BCUT2D eigenvalue weighted by atomic mass is 32.2. The summed E-state index contributed by atoms with van der Waals surface area (Å²) in [6.45, 7) is 1.46. The topological polar surface area (TPSA) is 63.9 Å². The lowest BCUT2D eigenvalue weighted by molar-refractivity contribution is 0.126. The summed E-state index contributed by atoms with van der Waals surface area (Å²) in [5.41, 5.74) is 0.617. The Kier molecular flexibility index (Phi) is 7.05. The van der Waals surface area contributed by atoms with Crippen molar-refractivity contribution >= 4 is 11.8 Å². The van der Waals surface area contributed by atoms with E-state index in [9.17, 15) is 15.3 Å². The van der Waals surface area contributed by atoms with Gasteiger partial charge in [-0.2, -0.15) is 11.8 Å². The molecule has 19 heavy (non-hydrogen) atoms. The number of rotatable bonds is 8. The lowest BCUT2D eigenvalue weighted by Crippen LogP contribution is -2.25. The molecular weight excluding hydrogens is 262 g/mol. The molecule has 0 aromatic heterocycles. The first-order valence-electron chi connectivity index (χ1n) is 6.42. The molecule has 0 amide bonds. The summed E-state index contributed by atoms with van der Waals surface area (Å²) < 4.78 is 0. The van der Waals surface area contributed by atoms with Crippen molar-refractivity contribution < 1.29 is 15.3 Å². The van der Waals surface area contributed by atoms with Crippen LogP contribution in [0.25, 0.3) is 0 Å². The van der Waals surface area contributed by atoms with Gasteiger partial charge in [0.15, 0.2) is 11.5 Å². The zero-order valence-corrected chi connectivity index (χ0v) is 12.4. The summed E-state index contributed by atoms with van der Waals surface area (Å²) >= 11 is 1.85. The van der Waals surface area contributed by atoms with Gasteiger partial charge in [0.2, 0.25) is 0 Å². The monoisotopic (exact) mass is 285 g/mol. The van der Waals surface area contributed by atoms with E-state index in [-0.39, 0.29) is 11.5 Å². The van der Waals surface area contributed by atoms with Gasteiger partial charge in [-0.15, -0.1) is 0 Å². The van der Waals surface area contributed by atoms with Crippen molar-refractivity contribution in [3.63, 3.8) is 0 Å². The number of phenolic OH excluding ortho intramolecular Hbond substituents is 2.